The number of carbonyl (C=O) groups excluding carboxylic acids is 2. The largest absolute Gasteiger partial charge is 0.469 e. The third kappa shape index (κ3) is 4.74. The number of nitrogens with zero attached hydrogens (tertiary/aromatic N) is 2. The van der Waals surface area contributed by atoms with Crippen LogP contribution >= 0.6 is 12.4 Å². The number of urea groups is 1. The van der Waals surface area contributed by atoms with Crippen molar-refractivity contribution in [2.45, 2.75) is 25.7 Å². The van der Waals surface area contributed by atoms with Crippen molar-refractivity contribution in [1.29, 1.82) is 5.41 Å². The minimum Gasteiger partial charge on any atom is -0.469 e. The van der Waals surface area contributed by atoms with Gasteiger partial charge in [-0.15, -0.1) is 12.4 Å². The molecule has 0 bridgehead atoms. The molecule has 0 atom stereocenters. The number of ether oxygens (including phenoxy) is 1. The molecule has 0 spiro atoms. The number of nitrogens with two attached hydrogens (primary N) is 1. The Balaban J connectivity index is 0.00000320. The number of esters is 1. The molecule has 2 amide bonds. The number of carbonyl (C=O) groups is 2. The number of rotatable bonds is 6. The summed E-state index contributed by atoms with van der Waals surface area (Å²) in [6.45, 7) is 5.14. The molecular weight excluding hydrogens is 404 g/mol. The lowest BCUT2D eigenvalue weighted by Gasteiger charge is -2.25. The number of methoxy groups -OCH3 is 1. The molecule has 1 saturated heterocycles. The fourth-order valence-electron chi connectivity index (χ4n) is 3.46. The van der Waals surface area contributed by atoms with Crippen molar-refractivity contribution in [3.8, 4) is 0 Å². The summed E-state index contributed by atoms with van der Waals surface area (Å²) in [6.07, 6.45) is 0.287. The summed E-state index contributed by atoms with van der Waals surface area (Å²) < 4.78 is 4.78. The Morgan fingerprint density at radius 3 is 1.93 bits per heavy atom. The molecule has 8 heteroatoms. The lowest BCUT2D eigenvalue weighted by atomic mass is 9.81. The number of amidine groups is 1. The molecule has 0 radical (unpaired) electrons. The molecule has 160 valence electrons. The van der Waals surface area contributed by atoms with Crippen molar-refractivity contribution in [2.75, 3.05) is 30.0 Å². The van der Waals surface area contributed by atoms with Gasteiger partial charge >= 0.3 is 12.0 Å². The van der Waals surface area contributed by atoms with Crippen molar-refractivity contribution in [1.82, 2.24) is 0 Å². The number of halogens is 1. The molecule has 3 rings (SSSR count). The van der Waals surface area contributed by atoms with Gasteiger partial charge in [0.05, 0.1) is 13.5 Å². The van der Waals surface area contributed by atoms with Gasteiger partial charge in [0.1, 0.15) is 5.84 Å². The van der Waals surface area contributed by atoms with E-state index in [2.05, 4.69) is 0 Å². The van der Waals surface area contributed by atoms with Crippen molar-refractivity contribution in [2.24, 2.45) is 5.73 Å². The van der Waals surface area contributed by atoms with Gasteiger partial charge in [0.25, 0.3) is 0 Å². The molecule has 30 heavy (non-hydrogen) atoms. The maximum absolute atomic E-state index is 12.9. The third-order valence-electron chi connectivity index (χ3n) is 5.27. The number of hydrogen-bond acceptors (Lipinski definition) is 4. The van der Waals surface area contributed by atoms with Crippen LogP contribution in [0.3, 0.4) is 0 Å². The Bertz CT molecular complexity index is 926. The molecule has 7 nitrogen and oxygen atoms in total. The molecule has 0 aliphatic carbocycles. The lowest BCUT2D eigenvalue weighted by Crippen LogP contribution is -2.31. The Kier molecular flexibility index (Phi) is 7.10. The molecule has 0 saturated carbocycles. The van der Waals surface area contributed by atoms with E-state index in [1.165, 1.54) is 7.11 Å². The number of amides is 2. The molecule has 3 N–H and O–H groups in total. The minimum atomic E-state index is -0.356. The first-order valence-corrected chi connectivity index (χ1v) is 9.44. The van der Waals surface area contributed by atoms with Gasteiger partial charge in [0, 0.05) is 35.4 Å². The van der Waals surface area contributed by atoms with E-state index < -0.39 is 0 Å². The van der Waals surface area contributed by atoms with Gasteiger partial charge in [0.15, 0.2) is 0 Å². The summed E-state index contributed by atoms with van der Waals surface area (Å²) in [7, 11) is 1.39. The van der Waals surface area contributed by atoms with Crippen LogP contribution in [0.2, 0.25) is 0 Å². The highest BCUT2D eigenvalue weighted by molar-refractivity contribution is 6.06. The second kappa shape index (κ2) is 9.17. The van der Waals surface area contributed by atoms with Crippen molar-refractivity contribution < 1.29 is 14.3 Å². The first-order valence-electron chi connectivity index (χ1n) is 9.44. The van der Waals surface area contributed by atoms with Crippen LogP contribution in [0.15, 0.2) is 48.5 Å². The van der Waals surface area contributed by atoms with Gasteiger partial charge < -0.3 is 10.5 Å². The zero-order valence-corrected chi connectivity index (χ0v) is 18.2. The summed E-state index contributed by atoms with van der Waals surface area (Å²) in [6, 6.07) is 14.7. The average Bonchev–Trinajstić information content (AvgIpc) is 3.09. The van der Waals surface area contributed by atoms with Crippen LogP contribution in [0, 0.1) is 5.41 Å². The van der Waals surface area contributed by atoms with Crippen LogP contribution in [0.1, 0.15) is 31.4 Å². The number of nitrogen functional groups attached to an aromatic ring is 1. The van der Waals surface area contributed by atoms with Gasteiger partial charge in [-0.05, 0) is 42.0 Å². The smallest absolute Gasteiger partial charge is 0.329 e. The fraction of sp³-hybridized carbons (Fsp3) is 0.318. The van der Waals surface area contributed by atoms with Gasteiger partial charge in [0.2, 0.25) is 0 Å². The molecule has 2 aromatic carbocycles. The predicted molar refractivity (Wildman–Crippen MR) is 121 cm³/mol. The fourth-order valence-corrected chi connectivity index (χ4v) is 3.46. The van der Waals surface area contributed by atoms with Crippen LogP contribution in [0.4, 0.5) is 16.2 Å². The number of anilines is 2. The van der Waals surface area contributed by atoms with Gasteiger partial charge in [-0.3, -0.25) is 20.0 Å². The second-order valence-electron chi connectivity index (χ2n) is 7.73. The van der Waals surface area contributed by atoms with Crippen molar-refractivity contribution in [3.05, 3.63) is 59.7 Å². The van der Waals surface area contributed by atoms with E-state index in [0.717, 1.165) is 16.9 Å². The van der Waals surface area contributed by atoms with Gasteiger partial charge in [-0.25, -0.2) is 4.79 Å². The van der Waals surface area contributed by atoms with Crippen LogP contribution in [0.25, 0.3) is 0 Å². The molecule has 1 aliphatic heterocycles. The van der Waals surface area contributed by atoms with E-state index in [9.17, 15) is 9.59 Å². The van der Waals surface area contributed by atoms with Crippen LogP contribution < -0.4 is 15.5 Å². The van der Waals surface area contributed by atoms with E-state index in [4.69, 9.17) is 15.9 Å². The Morgan fingerprint density at radius 1 is 1.03 bits per heavy atom. The third-order valence-corrected chi connectivity index (χ3v) is 5.27. The number of hydrogen-bond donors (Lipinski definition) is 2. The molecule has 1 fully saturated rings. The molecule has 1 heterocycles. The van der Waals surface area contributed by atoms with E-state index in [1.54, 1.807) is 34.1 Å². The van der Waals surface area contributed by atoms with Gasteiger partial charge in [-0.1, -0.05) is 26.0 Å². The molecule has 0 unspecified atom stereocenters. The molecular formula is C22H27ClN4O3. The lowest BCUT2D eigenvalue weighted by molar-refractivity contribution is -0.141. The highest BCUT2D eigenvalue weighted by Crippen LogP contribution is 2.31. The Labute approximate surface area is 182 Å². The highest BCUT2D eigenvalue weighted by atomic mass is 35.5. The second-order valence-corrected chi connectivity index (χ2v) is 7.73. The zero-order valence-electron chi connectivity index (χ0n) is 17.3. The van der Waals surface area contributed by atoms with Gasteiger partial charge in [-0.2, -0.15) is 0 Å². The summed E-state index contributed by atoms with van der Waals surface area (Å²) in [4.78, 5) is 28.0. The minimum absolute atomic E-state index is 0. The van der Waals surface area contributed by atoms with E-state index in [1.807, 2.05) is 38.1 Å². The van der Waals surface area contributed by atoms with E-state index in [-0.39, 0.29) is 42.1 Å². The predicted octanol–water partition coefficient (Wildman–Crippen LogP) is 3.68. The number of nitrogens with one attached hydrogen (secondary N) is 1. The average molecular weight is 431 g/mol. The summed E-state index contributed by atoms with van der Waals surface area (Å²) in [5.41, 5.74) is 8.36. The quantitative estimate of drug-likeness (QED) is 0.414. The Hall–Kier alpha value is -3.06. The van der Waals surface area contributed by atoms with E-state index in [0.29, 0.717) is 18.7 Å². The summed E-state index contributed by atoms with van der Waals surface area (Å²) in [5, 5.41) is 7.47. The van der Waals surface area contributed by atoms with Crippen LogP contribution in [-0.2, 0) is 14.9 Å². The van der Waals surface area contributed by atoms with Crippen molar-refractivity contribution in [3.63, 3.8) is 0 Å². The topological polar surface area (TPSA) is 99.7 Å². The zero-order chi connectivity index (χ0) is 21.2. The summed E-state index contributed by atoms with van der Waals surface area (Å²) >= 11 is 0. The maximum atomic E-state index is 12.9. The van der Waals surface area contributed by atoms with Crippen LogP contribution in [0.5, 0.6) is 0 Å². The first kappa shape index (κ1) is 23.2. The molecule has 1 aliphatic rings. The van der Waals surface area contributed by atoms with E-state index >= 15 is 0 Å². The standard InChI is InChI=1S/C22H26N4O3.ClH/c1-22(2,14-19(27)29-3)16-6-10-18(11-7-16)26-13-12-25(21(26)28)17-8-4-15(5-9-17)20(23)24;/h4-11H,12-14H2,1-3H3,(H3,23,24);1H. The Morgan fingerprint density at radius 2 is 1.50 bits per heavy atom. The molecule has 0 aromatic heterocycles. The normalized spacial score (nSPS) is 13.8. The summed E-state index contributed by atoms with van der Waals surface area (Å²) in [5.74, 6) is -0.249. The highest BCUT2D eigenvalue weighted by Gasteiger charge is 2.31. The first-order chi connectivity index (χ1) is 13.7. The SMILES string of the molecule is COC(=O)CC(C)(C)c1ccc(N2CCN(c3ccc(C(=N)N)cc3)C2=O)cc1.Cl. The van der Waals surface area contributed by atoms with Crippen LogP contribution in [-0.4, -0.2) is 38.0 Å². The maximum Gasteiger partial charge on any atom is 0.329 e. The van der Waals surface area contributed by atoms with Crippen molar-refractivity contribution >= 4 is 41.6 Å². The monoisotopic (exact) mass is 430 g/mol. The number of benzene rings is 2. The molecule has 2 aromatic rings.